The average Bonchev–Trinajstić information content (AvgIpc) is 3.57. The van der Waals surface area contributed by atoms with E-state index in [1.54, 1.807) is 0 Å². The Labute approximate surface area is 284 Å². The Morgan fingerprint density at radius 3 is 1.76 bits per heavy atom. The Kier molecular flexibility index (Phi) is 6.21. The summed E-state index contributed by atoms with van der Waals surface area (Å²) in [6, 6.07) is 60.6. The molecule has 1 aliphatic rings. The van der Waals surface area contributed by atoms with Gasteiger partial charge < -0.3 is 0 Å². The second kappa shape index (κ2) is 11.0. The highest BCUT2D eigenvalue weighted by Gasteiger charge is 2.28. The van der Waals surface area contributed by atoms with Gasteiger partial charge in [-0.3, -0.25) is 9.30 Å². The lowest BCUT2D eigenvalue weighted by atomic mass is 9.90. The molecular formula is C45H30N4. The van der Waals surface area contributed by atoms with Crippen molar-refractivity contribution < 1.29 is 0 Å². The van der Waals surface area contributed by atoms with Crippen molar-refractivity contribution in [3.63, 3.8) is 0 Å². The van der Waals surface area contributed by atoms with Crippen molar-refractivity contribution in [1.82, 2.24) is 14.4 Å². The van der Waals surface area contributed by atoms with E-state index in [2.05, 4.69) is 173 Å². The van der Waals surface area contributed by atoms with Crippen LogP contribution in [0, 0.1) is 0 Å². The first-order chi connectivity index (χ1) is 24.3. The highest BCUT2D eigenvalue weighted by Crippen LogP contribution is 2.46. The molecule has 0 aliphatic carbocycles. The van der Waals surface area contributed by atoms with E-state index in [1.807, 2.05) is 6.07 Å². The van der Waals surface area contributed by atoms with Crippen LogP contribution in [0.4, 0.5) is 17.3 Å². The van der Waals surface area contributed by atoms with Crippen LogP contribution in [0.2, 0.25) is 0 Å². The molecule has 0 fully saturated rings. The molecule has 0 radical (unpaired) electrons. The van der Waals surface area contributed by atoms with Crippen molar-refractivity contribution in [3.05, 3.63) is 181 Å². The van der Waals surface area contributed by atoms with Gasteiger partial charge in [0.2, 0.25) is 5.95 Å². The fraction of sp³-hybridized carbons (Fsp3) is 0.0222. The monoisotopic (exact) mass is 626 g/mol. The van der Waals surface area contributed by atoms with Crippen LogP contribution in [-0.4, -0.2) is 14.4 Å². The van der Waals surface area contributed by atoms with Crippen molar-refractivity contribution in [2.24, 2.45) is 0 Å². The number of hydrogen-bond donors (Lipinski definition) is 0. The Bertz CT molecular complexity index is 2640. The van der Waals surface area contributed by atoms with Crippen molar-refractivity contribution in [2.75, 3.05) is 4.90 Å². The Morgan fingerprint density at radius 2 is 1.00 bits per heavy atom. The zero-order valence-electron chi connectivity index (χ0n) is 26.7. The molecule has 10 rings (SSSR count). The lowest BCUT2D eigenvalue weighted by Crippen LogP contribution is -2.22. The second-order valence-electron chi connectivity index (χ2n) is 12.7. The van der Waals surface area contributed by atoms with Crippen molar-refractivity contribution in [2.45, 2.75) is 6.42 Å². The lowest BCUT2D eigenvalue weighted by molar-refractivity contribution is 1.01. The van der Waals surface area contributed by atoms with E-state index < -0.39 is 0 Å². The van der Waals surface area contributed by atoms with Gasteiger partial charge in [-0.2, -0.15) is 0 Å². The Balaban J connectivity index is 1.19. The number of benzene rings is 7. The number of hydrogen-bond acceptors (Lipinski definition) is 3. The van der Waals surface area contributed by atoms with Crippen LogP contribution in [0.1, 0.15) is 11.1 Å². The number of imidazole rings is 1. The molecule has 0 bridgehead atoms. The van der Waals surface area contributed by atoms with Crippen LogP contribution in [0.15, 0.2) is 170 Å². The molecule has 2 aromatic heterocycles. The van der Waals surface area contributed by atoms with Crippen molar-refractivity contribution >= 4 is 44.9 Å². The van der Waals surface area contributed by atoms with Crippen LogP contribution in [0.25, 0.3) is 61.0 Å². The molecule has 4 heteroatoms. The topological polar surface area (TPSA) is 33.4 Å². The summed E-state index contributed by atoms with van der Waals surface area (Å²) >= 11 is 0. The maximum atomic E-state index is 5.37. The first-order valence-corrected chi connectivity index (χ1v) is 16.7. The molecular weight excluding hydrogens is 597 g/mol. The molecule has 0 atom stereocenters. The first-order valence-electron chi connectivity index (χ1n) is 16.7. The number of nitrogens with zero attached hydrogens (tertiary/aromatic N) is 4. The minimum atomic E-state index is 0.834. The summed E-state index contributed by atoms with van der Waals surface area (Å²) in [5.74, 6) is 0.834. The van der Waals surface area contributed by atoms with E-state index >= 15 is 0 Å². The van der Waals surface area contributed by atoms with Crippen molar-refractivity contribution in [1.29, 1.82) is 0 Å². The van der Waals surface area contributed by atoms with E-state index in [0.717, 1.165) is 51.3 Å². The van der Waals surface area contributed by atoms with Gasteiger partial charge in [0.25, 0.3) is 0 Å². The number of anilines is 3. The van der Waals surface area contributed by atoms with Gasteiger partial charge in [0.15, 0.2) is 0 Å². The van der Waals surface area contributed by atoms with Crippen LogP contribution < -0.4 is 4.90 Å². The standard InChI is InChI=1S/C45H30N4/c1-3-13-30(14-4-1)34-27-35(31-15-5-2-6-16-31)29-36(28-34)32-23-24-42-37(25-32)26-33-17-7-11-21-41(33)48(42)45-47-39-19-9-8-18-38(39)44-46-40-20-10-12-22-43(40)49(44)45/h1-25,27-29H,26H2. The summed E-state index contributed by atoms with van der Waals surface area (Å²) in [6.07, 6.45) is 0.834. The molecule has 230 valence electrons. The first kappa shape index (κ1) is 27.6. The van der Waals surface area contributed by atoms with Crippen LogP contribution >= 0.6 is 0 Å². The molecule has 1 aliphatic heterocycles. The SMILES string of the molecule is c1ccc(-c2cc(-c3ccccc3)cc(-c3ccc4c(c3)Cc3ccccc3N4c3nc4ccccc4c4nc5ccccc5n34)c2)cc1. The summed E-state index contributed by atoms with van der Waals surface area (Å²) in [6.45, 7) is 0. The zero-order valence-corrected chi connectivity index (χ0v) is 26.7. The zero-order chi connectivity index (χ0) is 32.3. The summed E-state index contributed by atoms with van der Waals surface area (Å²) in [7, 11) is 0. The third-order valence-corrected chi connectivity index (χ3v) is 9.74. The molecule has 0 unspecified atom stereocenters. The van der Waals surface area contributed by atoms with Gasteiger partial charge in [-0.15, -0.1) is 0 Å². The summed E-state index contributed by atoms with van der Waals surface area (Å²) in [5, 5.41) is 1.04. The van der Waals surface area contributed by atoms with Gasteiger partial charge in [-0.1, -0.05) is 109 Å². The third-order valence-electron chi connectivity index (χ3n) is 9.74. The molecule has 0 saturated carbocycles. The van der Waals surface area contributed by atoms with Crippen LogP contribution in [0.5, 0.6) is 0 Å². The fourth-order valence-corrected chi connectivity index (χ4v) is 7.42. The summed E-state index contributed by atoms with van der Waals surface area (Å²) in [5.41, 5.74) is 15.8. The molecule has 0 N–H and O–H groups in total. The van der Waals surface area contributed by atoms with Crippen molar-refractivity contribution in [3.8, 4) is 33.4 Å². The lowest BCUT2D eigenvalue weighted by Gasteiger charge is -2.33. The molecule has 3 heterocycles. The van der Waals surface area contributed by atoms with Crippen LogP contribution in [0.3, 0.4) is 0 Å². The predicted octanol–water partition coefficient (Wildman–Crippen LogP) is 11.4. The quantitative estimate of drug-likeness (QED) is 0.195. The van der Waals surface area contributed by atoms with Gasteiger partial charge in [0.1, 0.15) is 5.65 Å². The summed E-state index contributed by atoms with van der Waals surface area (Å²) in [4.78, 5) is 12.8. The van der Waals surface area contributed by atoms with Gasteiger partial charge in [-0.25, -0.2) is 9.97 Å². The molecule has 49 heavy (non-hydrogen) atoms. The Hall–Kier alpha value is -6.52. The minimum absolute atomic E-state index is 0.834. The van der Waals surface area contributed by atoms with Gasteiger partial charge in [0.05, 0.1) is 27.9 Å². The largest absolute Gasteiger partial charge is 0.280 e. The van der Waals surface area contributed by atoms with E-state index in [1.165, 1.54) is 44.5 Å². The normalized spacial score (nSPS) is 12.4. The highest BCUT2D eigenvalue weighted by molar-refractivity contribution is 5.99. The third kappa shape index (κ3) is 4.53. The molecule has 4 nitrogen and oxygen atoms in total. The van der Waals surface area contributed by atoms with E-state index in [-0.39, 0.29) is 0 Å². The number of para-hydroxylation sites is 4. The molecule has 9 aromatic rings. The van der Waals surface area contributed by atoms with E-state index in [9.17, 15) is 0 Å². The minimum Gasteiger partial charge on any atom is -0.280 e. The average molecular weight is 627 g/mol. The van der Waals surface area contributed by atoms with E-state index in [0.29, 0.717) is 0 Å². The fourth-order valence-electron chi connectivity index (χ4n) is 7.42. The Morgan fingerprint density at radius 1 is 0.408 bits per heavy atom. The number of fused-ring (bicyclic) bond motifs is 7. The van der Waals surface area contributed by atoms with Crippen LogP contribution in [-0.2, 0) is 6.42 Å². The number of rotatable bonds is 4. The highest BCUT2D eigenvalue weighted by atomic mass is 15.3. The molecule has 0 saturated heterocycles. The van der Waals surface area contributed by atoms with Gasteiger partial charge in [0, 0.05) is 11.8 Å². The second-order valence-corrected chi connectivity index (χ2v) is 12.7. The number of aromatic nitrogens is 3. The molecule has 0 spiro atoms. The maximum absolute atomic E-state index is 5.37. The van der Waals surface area contributed by atoms with Gasteiger partial charge >= 0.3 is 0 Å². The van der Waals surface area contributed by atoms with Gasteiger partial charge in [-0.05, 0) is 105 Å². The molecule has 0 amide bonds. The summed E-state index contributed by atoms with van der Waals surface area (Å²) < 4.78 is 2.23. The molecule has 7 aromatic carbocycles. The maximum Gasteiger partial charge on any atom is 0.221 e. The smallest absolute Gasteiger partial charge is 0.221 e. The predicted molar refractivity (Wildman–Crippen MR) is 202 cm³/mol. The van der Waals surface area contributed by atoms with E-state index in [4.69, 9.17) is 9.97 Å².